The van der Waals surface area contributed by atoms with Crippen LogP contribution in [0.5, 0.6) is 0 Å². The van der Waals surface area contributed by atoms with E-state index in [0.29, 0.717) is 17.1 Å². The number of anilines is 1. The van der Waals surface area contributed by atoms with Gasteiger partial charge in [0.2, 0.25) is 5.28 Å². The molecule has 36 heavy (non-hydrogen) atoms. The second kappa shape index (κ2) is 9.41. The molecule has 2 heterocycles. The Hall–Kier alpha value is -3.09. The number of hydrogen-bond donors (Lipinski definition) is 1. The molecule has 1 N–H and O–H groups in total. The minimum atomic E-state index is -4.77. The maximum Gasteiger partial charge on any atom is 0.265 e. The summed E-state index contributed by atoms with van der Waals surface area (Å²) in [4.78, 5) is 11.6. The van der Waals surface area contributed by atoms with Crippen LogP contribution in [0.25, 0.3) is 21.8 Å². The Morgan fingerprint density at radius 3 is 2.33 bits per heavy atom. The Labute approximate surface area is 213 Å². The van der Waals surface area contributed by atoms with E-state index in [1.54, 1.807) is 0 Å². The molecule has 13 heteroatoms. The second-order valence-electron chi connectivity index (χ2n) is 8.62. The molecule has 2 aromatic heterocycles. The van der Waals surface area contributed by atoms with Crippen LogP contribution >= 0.6 is 22.9 Å². The van der Waals surface area contributed by atoms with Crippen molar-refractivity contribution in [1.29, 1.82) is 0 Å². The SMILES string of the molecule is CC(C)(C)c1nc(-c2c(F)ccc(NS(=O)(=O)c3cc(F)ccc3F)c2F)c(-c2ccnc(Cl)n2)s1. The first-order valence-corrected chi connectivity index (χ1v) is 12.9. The summed E-state index contributed by atoms with van der Waals surface area (Å²) in [5, 5.41) is 0.428. The molecule has 0 amide bonds. The van der Waals surface area contributed by atoms with Gasteiger partial charge in [-0.1, -0.05) is 20.8 Å². The first kappa shape index (κ1) is 26.0. The van der Waals surface area contributed by atoms with E-state index in [0.717, 1.165) is 29.5 Å². The standard InChI is InChI=1S/C23H17ClF4N4O2S2/c1-23(2,3)21-31-19(20(35-21)15-8-9-29-22(24)30-15)17-13(27)6-7-14(18(17)28)32-36(33,34)16-10-11(25)4-5-12(16)26/h4-10,32H,1-3H3. The highest BCUT2D eigenvalue weighted by atomic mass is 35.5. The van der Waals surface area contributed by atoms with Crippen LogP contribution in [0.2, 0.25) is 5.28 Å². The van der Waals surface area contributed by atoms with Gasteiger partial charge in [-0.15, -0.1) is 11.3 Å². The highest BCUT2D eigenvalue weighted by Gasteiger charge is 2.29. The lowest BCUT2D eigenvalue weighted by atomic mass is 9.98. The fraction of sp³-hybridized carbons (Fsp3) is 0.174. The van der Waals surface area contributed by atoms with Crippen LogP contribution in [-0.2, 0) is 15.4 Å². The molecule has 0 spiro atoms. The van der Waals surface area contributed by atoms with Crippen molar-refractivity contribution in [2.45, 2.75) is 31.1 Å². The molecule has 0 fully saturated rings. The van der Waals surface area contributed by atoms with Gasteiger partial charge in [-0.25, -0.2) is 40.9 Å². The van der Waals surface area contributed by atoms with Crippen LogP contribution in [0.4, 0.5) is 23.2 Å². The molecule has 0 aliphatic rings. The molecule has 2 aromatic carbocycles. The highest BCUT2D eigenvalue weighted by Crippen LogP contribution is 2.43. The topological polar surface area (TPSA) is 84.8 Å². The van der Waals surface area contributed by atoms with Gasteiger partial charge >= 0.3 is 0 Å². The Bertz CT molecular complexity index is 1590. The number of thiazole rings is 1. The minimum absolute atomic E-state index is 0.0938. The summed E-state index contributed by atoms with van der Waals surface area (Å²) >= 11 is 7.05. The number of rotatable bonds is 5. The summed E-state index contributed by atoms with van der Waals surface area (Å²) in [6, 6.07) is 4.98. The number of benzene rings is 2. The first-order chi connectivity index (χ1) is 16.8. The third-order valence-corrected chi connectivity index (χ3v) is 7.95. The van der Waals surface area contributed by atoms with Gasteiger partial charge < -0.3 is 0 Å². The van der Waals surface area contributed by atoms with Gasteiger partial charge in [-0.3, -0.25) is 4.72 Å². The summed E-state index contributed by atoms with van der Waals surface area (Å²) < 4.78 is 85.7. The molecule has 0 saturated carbocycles. The van der Waals surface area contributed by atoms with Crippen LogP contribution in [-0.4, -0.2) is 23.4 Å². The van der Waals surface area contributed by atoms with Gasteiger partial charge in [0, 0.05) is 11.6 Å². The zero-order valence-electron chi connectivity index (χ0n) is 18.9. The monoisotopic (exact) mass is 556 g/mol. The minimum Gasteiger partial charge on any atom is -0.277 e. The zero-order chi connectivity index (χ0) is 26.4. The fourth-order valence-electron chi connectivity index (χ4n) is 3.18. The predicted octanol–water partition coefficient (Wildman–Crippen LogP) is 6.58. The number of nitrogens with one attached hydrogen (secondary N) is 1. The van der Waals surface area contributed by atoms with E-state index in [2.05, 4.69) is 15.0 Å². The van der Waals surface area contributed by atoms with Crippen molar-refractivity contribution in [3.8, 4) is 21.8 Å². The average molecular weight is 557 g/mol. The van der Waals surface area contributed by atoms with E-state index in [-0.39, 0.29) is 21.5 Å². The summed E-state index contributed by atoms with van der Waals surface area (Å²) in [6.07, 6.45) is 1.37. The van der Waals surface area contributed by atoms with Crippen LogP contribution in [0.15, 0.2) is 47.5 Å². The van der Waals surface area contributed by atoms with E-state index < -0.39 is 54.9 Å². The van der Waals surface area contributed by atoms with Gasteiger partial charge in [-0.2, -0.15) is 0 Å². The van der Waals surface area contributed by atoms with Crippen LogP contribution < -0.4 is 4.72 Å². The van der Waals surface area contributed by atoms with Crippen LogP contribution in [0, 0.1) is 23.3 Å². The molecule has 0 unspecified atom stereocenters. The molecule has 0 saturated heterocycles. The van der Waals surface area contributed by atoms with Crippen molar-refractivity contribution in [3.05, 3.63) is 76.2 Å². The normalized spacial score (nSPS) is 12.1. The van der Waals surface area contributed by atoms with Crippen LogP contribution in [0.1, 0.15) is 25.8 Å². The molecule has 4 aromatic rings. The third-order valence-electron chi connectivity index (χ3n) is 4.88. The molecule has 0 radical (unpaired) electrons. The van der Waals surface area contributed by atoms with Crippen molar-refractivity contribution in [2.75, 3.05) is 4.72 Å². The summed E-state index contributed by atoms with van der Waals surface area (Å²) in [6.45, 7) is 5.57. The zero-order valence-corrected chi connectivity index (χ0v) is 21.3. The van der Waals surface area contributed by atoms with E-state index in [9.17, 15) is 17.2 Å². The average Bonchev–Trinajstić information content (AvgIpc) is 3.23. The Morgan fingerprint density at radius 2 is 1.67 bits per heavy atom. The Balaban J connectivity index is 1.89. The summed E-state index contributed by atoms with van der Waals surface area (Å²) in [5.41, 5.74) is -1.70. The van der Waals surface area contributed by atoms with Gasteiger partial charge in [-0.05, 0) is 48.0 Å². The Kier molecular flexibility index (Phi) is 6.80. The lowest BCUT2D eigenvalue weighted by Crippen LogP contribution is -2.16. The molecule has 0 atom stereocenters. The molecule has 0 aliphatic heterocycles. The smallest absolute Gasteiger partial charge is 0.265 e. The number of hydrogen-bond acceptors (Lipinski definition) is 6. The maximum absolute atomic E-state index is 15.7. The van der Waals surface area contributed by atoms with E-state index >= 15 is 8.78 Å². The molecule has 4 rings (SSSR count). The number of nitrogens with zero attached hydrogens (tertiary/aromatic N) is 3. The van der Waals surface area contributed by atoms with E-state index in [1.807, 2.05) is 25.5 Å². The van der Waals surface area contributed by atoms with Crippen molar-refractivity contribution < 1.29 is 26.0 Å². The maximum atomic E-state index is 15.7. The van der Waals surface area contributed by atoms with Gasteiger partial charge in [0.15, 0.2) is 5.82 Å². The van der Waals surface area contributed by atoms with Crippen molar-refractivity contribution in [2.24, 2.45) is 0 Å². The summed E-state index contributed by atoms with van der Waals surface area (Å²) in [5.74, 6) is -4.59. The third kappa shape index (κ3) is 5.06. The largest absolute Gasteiger partial charge is 0.277 e. The van der Waals surface area contributed by atoms with Crippen molar-refractivity contribution >= 4 is 38.6 Å². The predicted molar refractivity (Wildman–Crippen MR) is 129 cm³/mol. The molecule has 0 bridgehead atoms. The lowest BCUT2D eigenvalue weighted by molar-refractivity contribution is 0.554. The van der Waals surface area contributed by atoms with E-state index in [1.165, 1.54) is 12.3 Å². The number of aromatic nitrogens is 3. The highest BCUT2D eigenvalue weighted by molar-refractivity contribution is 7.92. The molecule has 6 nitrogen and oxygen atoms in total. The van der Waals surface area contributed by atoms with Crippen molar-refractivity contribution in [3.63, 3.8) is 0 Å². The second-order valence-corrected chi connectivity index (χ2v) is 11.6. The van der Waals surface area contributed by atoms with Crippen LogP contribution in [0.3, 0.4) is 0 Å². The fourth-order valence-corrected chi connectivity index (χ4v) is 5.57. The quantitative estimate of drug-likeness (QED) is 0.222. The Morgan fingerprint density at radius 1 is 0.972 bits per heavy atom. The van der Waals surface area contributed by atoms with Gasteiger partial charge in [0.05, 0.1) is 32.5 Å². The molecule has 0 aliphatic carbocycles. The number of sulfonamides is 1. The van der Waals surface area contributed by atoms with Crippen molar-refractivity contribution in [1.82, 2.24) is 15.0 Å². The number of halogens is 5. The summed E-state index contributed by atoms with van der Waals surface area (Å²) in [7, 11) is -4.77. The van der Waals surface area contributed by atoms with Gasteiger partial charge in [0.25, 0.3) is 10.0 Å². The van der Waals surface area contributed by atoms with Gasteiger partial charge in [0.1, 0.15) is 22.3 Å². The molecule has 188 valence electrons. The first-order valence-electron chi connectivity index (χ1n) is 10.2. The molecular formula is C23H17ClF4N4O2S2. The van der Waals surface area contributed by atoms with E-state index in [4.69, 9.17) is 11.6 Å². The molecular weight excluding hydrogens is 540 g/mol. The lowest BCUT2D eigenvalue weighted by Gasteiger charge is -2.14.